The average Bonchev–Trinajstić information content (AvgIpc) is 3.02. The largest absolute Gasteiger partial charge is 0.304 e. The molecule has 0 bridgehead atoms. The topological polar surface area (TPSA) is 72.0 Å². The predicted octanol–water partition coefficient (Wildman–Crippen LogP) is 1.50. The first-order valence-corrected chi connectivity index (χ1v) is 7.44. The number of hydrogen-bond acceptors (Lipinski definition) is 5. The number of rotatable bonds is 8. The van der Waals surface area contributed by atoms with Crippen LogP contribution >= 0.6 is 0 Å². The van der Waals surface area contributed by atoms with E-state index in [0.717, 1.165) is 37.4 Å². The van der Waals surface area contributed by atoms with E-state index >= 15 is 0 Å². The van der Waals surface area contributed by atoms with Crippen LogP contribution in [0.5, 0.6) is 0 Å². The van der Waals surface area contributed by atoms with Gasteiger partial charge < -0.3 is 4.90 Å². The second-order valence-electron chi connectivity index (χ2n) is 4.94. The van der Waals surface area contributed by atoms with E-state index in [2.05, 4.69) is 34.5 Å². The summed E-state index contributed by atoms with van der Waals surface area (Å²) in [6, 6.07) is 10.0. The first kappa shape index (κ1) is 15.6. The van der Waals surface area contributed by atoms with Gasteiger partial charge in [0.15, 0.2) is 0 Å². The lowest BCUT2D eigenvalue weighted by atomic mass is 10.1. The van der Waals surface area contributed by atoms with Crippen LogP contribution in [0.25, 0.3) is 5.69 Å². The van der Waals surface area contributed by atoms with Crippen LogP contribution < -0.4 is 11.3 Å². The molecule has 6 nitrogen and oxygen atoms in total. The summed E-state index contributed by atoms with van der Waals surface area (Å²) >= 11 is 0. The van der Waals surface area contributed by atoms with Crippen molar-refractivity contribution in [3.63, 3.8) is 0 Å². The first-order valence-electron chi connectivity index (χ1n) is 7.44. The van der Waals surface area contributed by atoms with Crippen molar-refractivity contribution in [2.24, 2.45) is 5.84 Å². The normalized spacial score (nSPS) is 12.8. The Hall–Kier alpha value is -1.76. The van der Waals surface area contributed by atoms with Gasteiger partial charge in [0.2, 0.25) is 0 Å². The Morgan fingerprint density at radius 1 is 1.24 bits per heavy atom. The highest BCUT2D eigenvalue weighted by Crippen LogP contribution is 2.18. The average molecular weight is 288 g/mol. The summed E-state index contributed by atoms with van der Waals surface area (Å²) in [6.07, 6.45) is 2.69. The number of nitrogens with zero attached hydrogens (tertiary/aromatic N) is 4. The van der Waals surface area contributed by atoms with E-state index in [1.54, 1.807) is 6.20 Å². The van der Waals surface area contributed by atoms with Crippen LogP contribution in [0.4, 0.5) is 0 Å². The van der Waals surface area contributed by atoms with Gasteiger partial charge in [-0.15, -0.1) is 5.10 Å². The molecule has 0 saturated heterocycles. The number of para-hydroxylation sites is 1. The van der Waals surface area contributed by atoms with Crippen molar-refractivity contribution in [2.75, 3.05) is 19.6 Å². The zero-order chi connectivity index (χ0) is 15.1. The number of hydrogen-bond donors (Lipinski definition) is 2. The van der Waals surface area contributed by atoms with Crippen LogP contribution in [0.3, 0.4) is 0 Å². The van der Waals surface area contributed by atoms with Crippen LogP contribution in [0.2, 0.25) is 0 Å². The molecule has 0 aliphatic heterocycles. The zero-order valence-corrected chi connectivity index (χ0v) is 12.7. The molecule has 21 heavy (non-hydrogen) atoms. The molecule has 2 aromatic rings. The SMILES string of the molecule is CCN(CC)CCC(NN)c1cnnn1-c1ccccc1. The number of nitrogens with two attached hydrogens (primary N) is 1. The van der Waals surface area contributed by atoms with E-state index in [9.17, 15) is 0 Å². The standard InChI is InChI=1S/C15H24N6/c1-3-20(4-2)11-10-14(18-16)15-12-17-19-21(15)13-8-6-5-7-9-13/h5-9,12,14,18H,3-4,10-11,16H2,1-2H3. The smallest absolute Gasteiger partial charge is 0.0829 e. The summed E-state index contributed by atoms with van der Waals surface area (Å²) in [5.74, 6) is 5.74. The molecule has 0 amide bonds. The van der Waals surface area contributed by atoms with Crippen molar-refractivity contribution < 1.29 is 0 Å². The maximum absolute atomic E-state index is 5.74. The van der Waals surface area contributed by atoms with Gasteiger partial charge >= 0.3 is 0 Å². The molecular weight excluding hydrogens is 264 g/mol. The van der Waals surface area contributed by atoms with E-state index in [1.165, 1.54) is 0 Å². The van der Waals surface area contributed by atoms with E-state index in [0.29, 0.717) is 0 Å². The molecule has 0 aliphatic carbocycles. The van der Waals surface area contributed by atoms with Gasteiger partial charge in [-0.2, -0.15) is 0 Å². The molecule has 0 fully saturated rings. The molecule has 1 aromatic heterocycles. The van der Waals surface area contributed by atoms with Crippen molar-refractivity contribution in [3.8, 4) is 5.69 Å². The molecule has 1 aromatic carbocycles. The molecule has 6 heteroatoms. The fourth-order valence-corrected chi connectivity index (χ4v) is 2.42. The first-order chi connectivity index (χ1) is 10.3. The van der Waals surface area contributed by atoms with Crippen molar-refractivity contribution in [2.45, 2.75) is 26.3 Å². The summed E-state index contributed by atoms with van der Waals surface area (Å²) in [4.78, 5) is 2.38. The van der Waals surface area contributed by atoms with E-state index in [1.807, 2.05) is 35.0 Å². The maximum Gasteiger partial charge on any atom is 0.0829 e. The van der Waals surface area contributed by atoms with Crippen molar-refractivity contribution in [1.82, 2.24) is 25.3 Å². The summed E-state index contributed by atoms with van der Waals surface area (Å²) in [5, 5.41) is 8.22. The molecule has 0 saturated carbocycles. The molecule has 0 aliphatic rings. The minimum Gasteiger partial charge on any atom is -0.304 e. The molecular formula is C15H24N6. The fraction of sp³-hybridized carbons (Fsp3) is 0.467. The third-order valence-electron chi connectivity index (χ3n) is 3.76. The Labute approximate surface area is 125 Å². The summed E-state index contributed by atoms with van der Waals surface area (Å²) in [7, 11) is 0. The number of nitrogens with one attached hydrogen (secondary N) is 1. The molecule has 3 N–H and O–H groups in total. The predicted molar refractivity (Wildman–Crippen MR) is 83.8 cm³/mol. The minimum absolute atomic E-state index is 0.0285. The Morgan fingerprint density at radius 2 is 1.95 bits per heavy atom. The van der Waals surface area contributed by atoms with Crippen molar-refractivity contribution >= 4 is 0 Å². The van der Waals surface area contributed by atoms with E-state index in [4.69, 9.17) is 5.84 Å². The van der Waals surface area contributed by atoms with E-state index in [-0.39, 0.29) is 6.04 Å². The summed E-state index contributed by atoms with van der Waals surface area (Å²) < 4.78 is 1.84. The summed E-state index contributed by atoms with van der Waals surface area (Å²) in [5.41, 5.74) is 4.87. The highest BCUT2D eigenvalue weighted by Gasteiger charge is 2.17. The van der Waals surface area contributed by atoms with Crippen LogP contribution in [0.1, 0.15) is 32.0 Å². The molecule has 0 radical (unpaired) electrons. The van der Waals surface area contributed by atoms with Gasteiger partial charge in [-0.1, -0.05) is 37.3 Å². The Kier molecular flexibility index (Phi) is 5.86. The molecule has 2 rings (SSSR count). The van der Waals surface area contributed by atoms with Gasteiger partial charge in [-0.3, -0.25) is 11.3 Å². The lowest BCUT2D eigenvalue weighted by Gasteiger charge is -2.22. The van der Waals surface area contributed by atoms with Gasteiger partial charge in [0.05, 0.1) is 23.6 Å². The molecule has 1 unspecified atom stereocenters. The van der Waals surface area contributed by atoms with Gasteiger partial charge in [-0.25, -0.2) is 4.68 Å². The van der Waals surface area contributed by atoms with Crippen LogP contribution in [0.15, 0.2) is 36.5 Å². The van der Waals surface area contributed by atoms with Gasteiger partial charge in [0.25, 0.3) is 0 Å². The number of hydrazine groups is 1. The third kappa shape index (κ3) is 3.87. The maximum atomic E-state index is 5.74. The Bertz CT molecular complexity index is 520. The zero-order valence-electron chi connectivity index (χ0n) is 12.7. The lowest BCUT2D eigenvalue weighted by Crippen LogP contribution is -2.33. The second-order valence-corrected chi connectivity index (χ2v) is 4.94. The van der Waals surface area contributed by atoms with Crippen LogP contribution in [-0.4, -0.2) is 39.5 Å². The quantitative estimate of drug-likeness (QED) is 0.569. The fourth-order valence-electron chi connectivity index (χ4n) is 2.42. The van der Waals surface area contributed by atoms with Gasteiger partial charge in [0.1, 0.15) is 0 Å². The van der Waals surface area contributed by atoms with Crippen molar-refractivity contribution in [3.05, 3.63) is 42.2 Å². The highest BCUT2D eigenvalue weighted by atomic mass is 15.4. The second kappa shape index (κ2) is 7.87. The van der Waals surface area contributed by atoms with E-state index < -0.39 is 0 Å². The molecule has 0 spiro atoms. The molecule has 1 heterocycles. The Morgan fingerprint density at radius 3 is 2.57 bits per heavy atom. The van der Waals surface area contributed by atoms with Crippen LogP contribution in [0, 0.1) is 0 Å². The van der Waals surface area contributed by atoms with Gasteiger partial charge in [0, 0.05) is 6.54 Å². The molecule has 114 valence electrons. The lowest BCUT2D eigenvalue weighted by molar-refractivity contribution is 0.280. The minimum atomic E-state index is 0.0285. The third-order valence-corrected chi connectivity index (χ3v) is 3.76. The summed E-state index contributed by atoms with van der Waals surface area (Å²) in [6.45, 7) is 7.42. The number of aromatic nitrogens is 3. The monoisotopic (exact) mass is 288 g/mol. The highest BCUT2D eigenvalue weighted by molar-refractivity contribution is 5.32. The molecule has 1 atom stereocenters. The number of benzene rings is 1. The van der Waals surface area contributed by atoms with Gasteiger partial charge in [-0.05, 0) is 31.6 Å². The van der Waals surface area contributed by atoms with Crippen molar-refractivity contribution in [1.29, 1.82) is 0 Å². The Balaban J connectivity index is 2.14. The van der Waals surface area contributed by atoms with Crippen LogP contribution in [-0.2, 0) is 0 Å².